The maximum Gasteiger partial charge on any atom is 0.445 e. The summed E-state index contributed by atoms with van der Waals surface area (Å²) in [5, 5.41) is 33.0. The molecule has 2 saturated carbocycles. The van der Waals surface area contributed by atoms with Gasteiger partial charge in [0.05, 0.1) is 68.7 Å². The van der Waals surface area contributed by atoms with E-state index in [0.29, 0.717) is 86.3 Å². The lowest BCUT2D eigenvalue weighted by molar-refractivity contribution is -0.239. The van der Waals surface area contributed by atoms with Crippen LogP contribution in [0.3, 0.4) is 0 Å². The van der Waals surface area contributed by atoms with Gasteiger partial charge in [-0.05, 0) is 167 Å². The monoisotopic (exact) mass is 1760 g/mol. The third-order valence-corrected chi connectivity index (χ3v) is 23.2. The normalized spacial score (nSPS) is 16.3. The number of aromatic nitrogens is 6. The number of aliphatic hydroxyl groups is 1. The number of piperazine rings is 1. The lowest BCUT2D eigenvalue weighted by Gasteiger charge is -2.36. The van der Waals surface area contributed by atoms with Crippen molar-refractivity contribution in [3.8, 4) is 11.8 Å². The Labute approximate surface area is 725 Å². The third-order valence-electron chi connectivity index (χ3n) is 20.4. The van der Waals surface area contributed by atoms with Crippen LogP contribution in [-0.2, 0) is 55.9 Å². The largest absolute Gasteiger partial charge is 0.445 e. The molecule has 2 aliphatic carbocycles. The molecule has 0 spiro atoms. The van der Waals surface area contributed by atoms with Crippen molar-refractivity contribution in [1.82, 2.24) is 55.7 Å². The highest BCUT2D eigenvalue weighted by molar-refractivity contribution is 7.92. The number of thiazole rings is 2. The van der Waals surface area contributed by atoms with E-state index in [-0.39, 0.29) is 64.9 Å². The van der Waals surface area contributed by atoms with Crippen LogP contribution >= 0.6 is 34.3 Å². The van der Waals surface area contributed by atoms with Crippen LogP contribution in [0.15, 0.2) is 169 Å². The van der Waals surface area contributed by atoms with Crippen molar-refractivity contribution >= 4 is 131 Å². The minimum absolute atomic E-state index is 0.00179. The number of aryl methyl sites for hydroxylation is 1. The van der Waals surface area contributed by atoms with Gasteiger partial charge in [0.1, 0.15) is 24.2 Å². The standard InChI is InChI=1S/C37H48N6O5S2.C22H28N6O3S.C15H14N4O.C14H9ClF3NO2/c1-24(2)33(42-36(46)43(5)20-29-22-49-35(40-29)25(3)4)34(45)39-28(16-26-12-8-6-9-13-26)18-32(44)31(17-27-14-10-7-11-15-27)41-37(47)48-21-30-19-38-23-50-30;1-15(2)24-19-5-4-8-23-21(19)27-9-11-28(12-10-27)22(29)20-14-16-13-17(26-32(3,30)31)6-7-18(16)25-20;1-9-6-8-17-14-12(9)18-15(20)11-3-2-7-16-13(11)19(14)10-4-5-10;15-9-3-4-11-10(7-9)13(14(16,17)18,21-12(20)19-11)6-5-8-1-2-8/h6-15,19,22-25,28,31-33,44H,16-18,20-21H2,1-5H3,(H,39,45)(H,41,47)(H,42,46);4-8,13-15,24-26H,9-12H2,1-3H3;2-3,6-8,10H,4-5H2,1H3,(H,18,20);3-4,7-8H,1-2H2,(H,19,20)/t28-,31-,32-,33-;;;13-/m0..0/s1. The van der Waals surface area contributed by atoms with Gasteiger partial charge in [0.25, 0.3) is 17.4 Å². The number of fused-ring (bicyclic) bond motifs is 4. The minimum atomic E-state index is -4.87. The average Bonchev–Trinajstić information content (AvgIpc) is 1.49. The van der Waals surface area contributed by atoms with Crippen molar-refractivity contribution < 1.29 is 64.9 Å². The van der Waals surface area contributed by atoms with Crippen LogP contribution in [0.5, 0.6) is 0 Å². The molecule has 35 heteroatoms. The second kappa shape index (κ2) is 40.4. The van der Waals surface area contributed by atoms with E-state index in [1.54, 1.807) is 79.0 Å². The molecule has 9 heterocycles. The van der Waals surface area contributed by atoms with Gasteiger partial charge in [-0.1, -0.05) is 106 Å². The molecule has 1 saturated heterocycles. The average molecular weight is 1760 g/mol. The Hall–Kier alpha value is -11.9. The van der Waals surface area contributed by atoms with Crippen LogP contribution in [0.4, 0.5) is 67.8 Å². The molecule has 3 aliphatic heterocycles. The number of alkyl carbamates (subject to hydrolysis) is 1. The zero-order valence-electron chi connectivity index (χ0n) is 69.3. The quantitative estimate of drug-likeness (QED) is 0.0254. The van der Waals surface area contributed by atoms with Crippen molar-refractivity contribution in [2.24, 2.45) is 11.8 Å². The summed E-state index contributed by atoms with van der Waals surface area (Å²) in [4.78, 5) is 111. The number of H-pyrrole nitrogens is 1. The molecule has 123 heavy (non-hydrogen) atoms. The number of ether oxygens (including phenoxy) is 2. The molecular formula is C88H99ClF3N17O11S3. The number of amides is 7. The van der Waals surface area contributed by atoms with E-state index in [1.807, 2.05) is 116 Å². The fourth-order valence-corrected chi connectivity index (χ4v) is 16.0. The molecule has 0 bridgehead atoms. The fourth-order valence-electron chi connectivity index (χ4n) is 13.9. The number of hydrogen-bond acceptors (Lipinski definition) is 21. The van der Waals surface area contributed by atoms with Crippen LogP contribution in [0.2, 0.25) is 5.02 Å². The summed E-state index contributed by atoms with van der Waals surface area (Å²) in [5.74, 6) is 6.56. The molecule has 15 rings (SSSR count). The Morgan fingerprint density at radius 1 is 0.797 bits per heavy atom. The molecule has 5 atom stereocenters. The number of urea groups is 1. The number of aromatic amines is 1. The number of aliphatic hydroxyl groups excluding tert-OH is 1. The summed E-state index contributed by atoms with van der Waals surface area (Å²) in [6.45, 7) is 17.0. The second-order valence-corrected chi connectivity index (χ2v) is 35.6. The summed E-state index contributed by atoms with van der Waals surface area (Å²) in [5.41, 5.74) is 6.23. The van der Waals surface area contributed by atoms with Gasteiger partial charge >= 0.3 is 24.4 Å². The highest BCUT2D eigenvalue weighted by atomic mass is 35.5. The van der Waals surface area contributed by atoms with Crippen LogP contribution in [0.1, 0.15) is 138 Å². The number of pyridine rings is 3. The number of sulfonamides is 1. The third kappa shape index (κ3) is 24.3. The van der Waals surface area contributed by atoms with Gasteiger partial charge in [-0.3, -0.25) is 29.4 Å². The van der Waals surface area contributed by atoms with Gasteiger partial charge in [0.15, 0.2) is 11.6 Å². The van der Waals surface area contributed by atoms with Crippen molar-refractivity contribution in [1.29, 1.82) is 0 Å². The summed E-state index contributed by atoms with van der Waals surface area (Å²) in [7, 11) is -1.68. The number of alkyl halides is 3. The van der Waals surface area contributed by atoms with Crippen molar-refractivity contribution in [2.45, 2.75) is 161 Å². The van der Waals surface area contributed by atoms with Gasteiger partial charge in [0, 0.05) is 121 Å². The molecule has 9 N–H and O–H groups in total. The van der Waals surface area contributed by atoms with Gasteiger partial charge in [0.2, 0.25) is 15.9 Å². The van der Waals surface area contributed by atoms with E-state index in [4.69, 9.17) is 16.3 Å². The van der Waals surface area contributed by atoms with Gasteiger partial charge in [-0.25, -0.2) is 42.7 Å². The number of halogens is 4. The number of rotatable bonds is 24. The number of carbonyl (C=O) groups is 6. The van der Waals surface area contributed by atoms with E-state index in [9.17, 15) is 55.5 Å². The Kier molecular flexibility index (Phi) is 29.7. The molecule has 6 aromatic heterocycles. The summed E-state index contributed by atoms with van der Waals surface area (Å²) in [6.07, 6.45) is 4.92. The number of carbonyl (C=O) groups excluding carboxylic acids is 6. The van der Waals surface area contributed by atoms with Crippen LogP contribution in [-0.4, -0.2) is 171 Å². The second-order valence-electron chi connectivity index (χ2n) is 31.5. The smallest absolute Gasteiger partial charge is 0.444 e. The maximum absolute atomic E-state index is 13.9. The molecule has 5 aliphatic rings. The molecule has 28 nitrogen and oxygen atoms in total. The van der Waals surface area contributed by atoms with Gasteiger partial charge in [-0.15, -0.1) is 22.7 Å². The number of anilines is 7. The van der Waals surface area contributed by atoms with Crippen LogP contribution in [0.25, 0.3) is 10.9 Å². The summed E-state index contributed by atoms with van der Waals surface area (Å²) < 4.78 is 76.2. The summed E-state index contributed by atoms with van der Waals surface area (Å²) >= 11 is 8.73. The highest BCUT2D eigenvalue weighted by Gasteiger charge is 2.62. The van der Waals surface area contributed by atoms with Crippen LogP contribution < -0.4 is 46.4 Å². The Balaban J connectivity index is 0.000000161. The Bertz CT molecular complexity index is 5550. The number of nitrogens with zero attached hydrogens (tertiary/aromatic N) is 9. The van der Waals surface area contributed by atoms with Crippen LogP contribution in [0, 0.1) is 30.6 Å². The lowest BCUT2D eigenvalue weighted by atomic mass is 9.90. The molecule has 0 radical (unpaired) electrons. The van der Waals surface area contributed by atoms with E-state index >= 15 is 0 Å². The predicted molar refractivity (Wildman–Crippen MR) is 471 cm³/mol. The Morgan fingerprint density at radius 2 is 1.49 bits per heavy atom. The van der Waals surface area contributed by atoms with E-state index in [0.717, 1.165) is 104 Å². The Morgan fingerprint density at radius 3 is 2.13 bits per heavy atom. The first-order valence-electron chi connectivity index (χ1n) is 40.3. The number of hydrogen-bond donors (Lipinski definition) is 9. The molecular weight excluding hydrogens is 1660 g/mol. The fraction of sp³-hybridized carbons (Fsp3) is 0.375. The number of cyclic esters (lactones) is 1. The number of benzene rings is 4. The number of nitrogens with one attached hydrogen (secondary N) is 8. The molecule has 648 valence electrons. The first-order valence-corrected chi connectivity index (χ1v) is 44.4. The van der Waals surface area contributed by atoms with E-state index in [2.05, 4.69) is 121 Å². The van der Waals surface area contributed by atoms with Crippen molar-refractivity contribution in [2.75, 3.05) is 70.0 Å². The minimum Gasteiger partial charge on any atom is -0.444 e. The lowest BCUT2D eigenvalue weighted by Crippen LogP contribution is -2.55. The maximum atomic E-state index is 13.9. The first-order chi connectivity index (χ1) is 58.7. The zero-order valence-corrected chi connectivity index (χ0v) is 72.6. The molecule has 3 fully saturated rings. The zero-order chi connectivity index (χ0) is 87.9. The van der Waals surface area contributed by atoms with Crippen molar-refractivity contribution in [3.05, 3.63) is 223 Å². The predicted octanol–water partition coefficient (Wildman–Crippen LogP) is 15.3. The van der Waals surface area contributed by atoms with Crippen molar-refractivity contribution in [3.63, 3.8) is 0 Å². The molecule has 10 aromatic rings. The van der Waals surface area contributed by atoms with Gasteiger partial charge in [-0.2, -0.15) is 13.2 Å². The molecule has 7 amide bonds. The summed E-state index contributed by atoms with van der Waals surface area (Å²) in [6, 6.07) is 37.7. The first kappa shape index (κ1) is 90.3. The molecule has 0 unspecified atom stereocenters. The van der Waals surface area contributed by atoms with Gasteiger partial charge < -0.3 is 65.7 Å². The highest BCUT2D eigenvalue weighted by Crippen LogP contribution is 2.49. The topological polar surface area (TPSA) is 353 Å². The van der Waals surface area contributed by atoms with E-state index < -0.39 is 58.2 Å². The van der Waals surface area contributed by atoms with E-state index in [1.165, 1.54) is 28.4 Å². The molecule has 4 aromatic carbocycles. The SMILES string of the molecule is CC(C)Nc1cccnc1N1CCN(C(=O)c2cc3cc(NS(C)(=O)=O)ccc3[nH]2)CC1.CC(C)c1nc(CN(C)C(=O)N[C@H](C(=O)N[C@@H](Cc2ccccc2)C[C@H](O)[C@H](Cc2ccccc2)NC(=O)OCc2cncs2)C(C)C)cs1.Cc1ccnc2c1NC(=O)c1cccnc1N2C1CC1.O=C1Nc2ccc(Cl)cc2[C@@](C#CC2CC2)(C(F)(F)F)O1.